The number of ether oxygens (including phenoxy) is 1. The fourth-order valence-corrected chi connectivity index (χ4v) is 2.71. The molecule has 1 aliphatic rings. The molecule has 0 bridgehead atoms. The third kappa shape index (κ3) is 3.21. The molecule has 2 amide bonds. The summed E-state index contributed by atoms with van der Waals surface area (Å²) in [5.74, 6) is -0.0828. The van der Waals surface area contributed by atoms with Gasteiger partial charge in [-0.05, 0) is 43.2 Å². The van der Waals surface area contributed by atoms with Gasteiger partial charge in [-0.25, -0.2) is 0 Å². The van der Waals surface area contributed by atoms with Crippen LogP contribution in [0.2, 0.25) is 5.02 Å². The summed E-state index contributed by atoms with van der Waals surface area (Å²) in [6, 6.07) is 14.1. The minimum absolute atomic E-state index is 0.286. The molecule has 124 valence electrons. The molecule has 2 N–H and O–H groups in total. The highest BCUT2D eigenvalue weighted by Gasteiger charge is 2.56. The Kier molecular flexibility index (Phi) is 4.44. The van der Waals surface area contributed by atoms with Gasteiger partial charge in [0.15, 0.2) is 0 Å². The normalized spacial score (nSPS) is 14.6. The van der Waals surface area contributed by atoms with E-state index in [0.717, 1.165) is 0 Å². The molecule has 1 saturated carbocycles. The molecule has 0 spiro atoms. The molecule has 0 unspecified atom stereocenters. The smallest absolute Gasteiger partial charge is 0.240 e. The van der Waals surface area contributed by atoms with Crippen LogP contribution in [0, 0.1) is 5.41 Å². The van der Waals surface area contributed by atoms with Gasteiger partial charge in [0.2, 0.25) is 11.8 Å². The maximum Gasteiger partial charge on any atom is 0.240 e. The maximum atomic E-state index is 12.5. The lowest BCUT2D eigenvalue weighted by atomic mass is 10.0. The van der Waals surface area contributed by atoms with E-state index in [9.17, 15) is 9.59 Å². The van der Waals surface area contributed by atoms with Crippen molar-refractivity contribution in [3.05, 3.63) is 53.6 Å². The number of carbonyl (C=O) groups is 2. The van der Waals surface area contributed by atoms with Crippen LogP contribution in [0.5, 0.6) is 5.75 Å². The molecule has 0 heterocycles. The topological polar surface area (TPSA) is 67.4 Å². The molecular weight excluding hydrogens is 328 g/mol. The van der Waals surface area contributed by atoms with Gasteiger partial charge >= 0.3 is 0 Å². The van der Waals surface area contributed by atoms with Gasteiger partial charge in [0.25, 0.3) is 0 Å². The monoisotopic (exact) mass is 344 g/mol. The summed E-state index contributed by atoms with van der Waals surface area (Å²) in [5.41, 5.74) is 0.195. The van der Waals surface area contributed by atoms with E-state index in [2.05, 4.69) is 10.6 Å². The van der Waals surface area contributed by atoms with Crippen LogP contribution in [0.3, 0.4) is 0 Å². The molecule has 0 saturated heterocycles. The predicted octanol–water partition coefficient (Wildman–Crippen LogP) is 3.71. The number of benzene rings is 2. The van der Waals surface area contributed by atoms with Crippen molar-refractivity contribution in [1.82, 2.24) is 0 Å². The first-order chi connectivity index (χ1) is 11.5. The first-order valence-electron chi connectivity index (χ1n) is 7.57. The Bertz CT molecular complexity index is 773. The van der Waals surface area contributed by atoms with Gasteiger partial charge in [0.1, 0.15) is 11.2 Å². The second-order valence-electron chi connectivity index (χ2n) is 5.71. The molecule has 2 aromatic carbocycles. The van der Waals surface area contributed by atoms with Gasteiger partial charge in [-0.2, -0.15) is 0 Å². The van der Waals surface area contributed by atoms with E-state index in [1.807, 2.05) is 18.2 Å². The van der Waals surface area contributed by atoms with Gasteiger partial charge in [0, 0.05) is 11.4 Å². The summed E-state index contributed by atoms with van der Waals surface area (Å²) in [5, 5.41) is 5.96. The average molecular weight is 345 g/mol. The molecule has 0 aromatic heterocycles. The van der Waals surface area contributed by atoms with E-state index in [1.165, 1.54) is 7.11 Å². The maximum absolute atomic E-state index is 12.5. The molecule has 1 aliphatic carbocycles. The zero-order valence-electron chi connectivity index (χ0n) is 13.1. The van der Waals surface area contributed by atoms with Gasteiger partial charge in [-0.3, -0.25) is 9.59 Å². The van der Waals surface area contributed by atoms with E-state index in [-0.39, 0.29) is 11.8 Å². The minimum Gasteiger partial charge on any atom is -0.495 e. The molecule has 5 nitrogen and oxygen atoms in total. The number of carbonyl (C=O) groups excluding carboxylic acids is 2. The third-order valence-electron chi connectivity index (χ3n) is 4.06. The molecule has 24 heavy (non-hydrogen) atoms. The lowest BCUT2D eigenvalue weighted by Crippen LogP contribution is -2.35. The van der Waals surface area contributed by atoms with Crippen LogP contribution >= 0.6 is 11.6 Å². The van der Waals surface area contributed by atoms with E-state index >= 15 is 0 Å². The molecule has 0 atom stereocenters. The Morgan fingerprint density at radius 2 is 1.62 bits per heavy atom. The number of hydrogen-bond donors (Lipinski definition) is 2. The number of amides is 2. The summed E-state index contributed by atoms with van der Waals surface area (Å²) in [7, 11) is 1.52. The van der Waals surface area contributed by atoms with Crippen molar-refractivity contribution >= 4 is 34.8 Å². The van der Waals surface area contributed by atoms with Crippen molar-refractivity contribution in [3.63, 3.8) is 0 Å². The number of nitrogens with one attached hydrogen (secondary N) is 2. The highest BCUT2D eigenvalue weighted by Crippen LogP contribution is 2.47. The van der Waals surface area contributed by atoms with Crippen LogP contribution in [0.1, 0.15) is 12.8 Å². The summed E-state index contributed by atoms with van der Waals surface area (Å²) >= 11 is 6.06. The average Bonchev–Trinajstić information content (AvgIpc) is 3.38. The summed E-state index contributed by atoms with van der Waals surface area (Å²) in [4.78, 5) is 25.0. The van der Waals surface area contributed by atoms with Crippen LogP contribution < -0.4 is 15.4 Å². The second-order valence-corrected chi connectivity index (χ2v) is 6.11. The van der Waals surface area contributed by atoms with Gasteiger partial charge in [0.05, 0.1) is 12.1 Å². The Hall–Kier alpha value is -2.53. The summed E-state index contributed by atoms with van der Waals surface area (Å²) < 4.78 is 5.08. The summed E-state index contributed by atoms with van der Waals surface area (Å²) in [6.07, 6.45) is 1.06. The SMILES string of the molecule is COc1ccc(NC(=O)C2(C(=O)Nc3ccccc3)CC2)cc1Cl. The van der Waals surface area contributed by atoms with Crippen molar-refractivity contribution in [2.45, 2.75) is 12.8 Å². The lowest BCUT2D eigenvalue weighted by molar-refractivity contribution is -0.131. The standard InChI is InChI=1S/C18H17ClN2O3/c1-24-15-8-7-13(11-14(15)19)21-17(23)18(9-10-18)16(22)20-12-5-3-2-4-6-12/h2-8,11H,9-10H2,1H3,(H,20,22)(H,21,23). The van der Waals surface area contributed by atoms with Gasteiger partial charge in [-0.1, -0.05) is 29.8 Å². The molecule has 1 fully saturated rings. The zero-order valence-corrected chi connectivity index (χ0v) is 13.9. The Balaban J connectivity index is 1.70. The van der Waals surface area contributed by atoms with Crippen LogP contribution in [0.15, 0.2) is 48.5 Å². The van der Waals surface area contributed by atoms with Gasteiger partial charge in [-0.15, -0.1) is 0 Å². The van der Waals surface area contributed by atoms with Crippen molar-refractivity contribution in [1.29, 1.82) is 0 Å². The highest BCUT2D eigenvalue weighted by atomic mass is 35.5. The number of methoxy groups -OCH3 is 1. The van der Waals surface area contributed by atoms with Crippen molar-refractivity contribution < 1.29 is 14.3 Å². The first kappa shape index (κ1) is 16.3. The zero-order chi connectivity index (χ0) is 17.2. The molecule has 3 rings (SSSR count). The second kappa shape index (κ2) is 6.53. The highest BCUT2D eigenvalue weighted by molar-refractivity contribution is 6.32. The lowest BCUT2D eigenvalue weighted by Gasteiger charge is -2.16. The molecule has 0 radical (unpaired) electrons. The fourth-order valence-electron chi connectivity index (χ4n) is 2.45. The number of anilines is 2. The largest absolute Gasteiger partial charge is 0.495 e. The van der Waals surface area contributed by atoms with Gasteiger partial charge < -0.3 is 15.4 Å². The van der Waals surface area contributed by atoms with E-state index in [1.54, 1.807) is 30.3 Å². The molecule has 6 heteroatoms. The molecular formula is C18H17ClN2O3. The Labute approximate surface area is 145 Å². The predicted molar refractivity (Wildman–Crippen MR) is 93.4 cm³/mol. The van der Waals surface area contributed by atoms with Crippen LogP contribution in [0.4, 0.5) is 11.4 Å². The quantitative estimate of drug-likeness (QED) is 0.812. The Morgan fingerprint density at radius 3 is 2.17 bits per heavy atom. The number of hydrogen-bond acceptors (Lipinski definition) is 3. The van der Waals surface area contributed by atoms with E-state index in [0.29, 0.717) is 35.0 Å². The van der Waals surface area contributed by atoms with E-state index in [4.69, 9.17) is 16.3 Å². The minimum atomic E-state index is -1.01. The van der Waals surface area contributed by atoms with Crippen LogP contribution in [-0.2, 0) is 9.59 Å². The molecule has 2 aromatic rings. The van der Waals surface area contributed by atoms with Crippen LogP contribution in [0.25, 0.3) is 0 Å². The van der Waals surface area contributed by atoms with Crippen molar-refractivity contribution in [3.8, 4) is 5.75 Å². The van der Waals surface area contributed by atoms with E-state index < -0.39 is 5.41 Å². The van der Waals surface area contributed by atoms with Crippen LogP contribution in [-0.4, -0.2) is 18.9 Å². The third-order valence-corrected chi connectivity index (χ3v) is 4.36. The number of halogens is 1. The first-order valence-corrected chi connectivity index (χ1v) is 7.94. The summed E-state index contributed by atoms with van der Waals surface area (Å²) in [6.45, 7) is 0. The van der Waals surface area contributed by atoms with Crippen molar-refractivity contribution in [2.75, 3.05) is 17.7 Å². The molecule has 0 aliphatic heterocycles. The number of rotatable bonds is 5. The number of para-hydroxylation sites is 1. The Morgan fingerprint density at radius 1 is 1.00 bits per heavy atom. The van der Waals surface area contributed by atoms with Crippen molar-refractivity contribution in [2.24, 2.45) is 5.41 Å². The fraction of sp³-hybridized carbons (Fsp3) is 0.222.